The second-order valence-corrected chi connectivity index (χ2v) is 5.26. The molecular weight excluding hydrogens is 242 g/mol. The van der Waals surface area contributed by atoms with E-state index in [1.165, 1.54) is 6.42 Å². The molecule has 1 rings (SSSR count). The predicted octanol–water partition coefficient (Wildman–Crippen LogP) is 2.52. The Hall–Kier alpha value is -0.610. The lowest BCUT2D eigenvalue weighted by molar-refractivity contribution is -0.121. The quantitative estimate of drug-likeness (QED) is 0.621. The fourth-order valence-electron chi connectivity index (χ4n) is 2.21. The fraction of sp³-hybridized carbons (Fsp3) is 0.933. The number of carbonyl (C=O) groups excluding carboxylic acids is 1. The van der Waals surface area contributed by atoms with Crippen LogP contribution in [0.1, 0.15) is 51.9 Å². The number of ether oxygens (including phenoxy) is 2. The van der Waals surface area contributed by atoms with Gasteiger partial charge in [0.15, 0.2) is 0 Å². The maximum atomic E-state index is 11.6. The van der Waals surface area contributed by atoms with Gasteiger partial charge in [0.2, 0.25) is 5.91 Å². The zero-order valence-corrected chi connectivity index (χ0v) is 12.3. The van der Waals surface area contributed by atoms with Gasteiger partial charge < -0.3 is 14.8 Å². The number of carbonyl (C=O) groups is 1. The number of rotatable bonds is 10. The third-order valence-electron chi connectivity index (χ3n) is 3.55. The van der Waals surface area contributed by atoms with E-state index >= 15 is 0 Å². The van der Waals surface area contributed by atoms with Crippen molar-refractivity contribution in [1.29, 1.82) is 0 Å². The highest BCUT2D eigenvalue weighted by molar-refractivity contribution is 5.75. The Morgan fingerprint density at radius 3 is 2.74 bits per heavy atom. The van der Waals surface area contributed by atoms with E-state index in [1.807, 2.05) is 0 Å². The average molecular weight is 271 g/mol. The molecule has 0 bridgehead atoms. The molecule has 0 spiro atoms. The van der Waals surface area contributed by atoms with Crippen LogP contribution in [0, 0.1) is 5.92 Å². The highest BCUT2D eigenvalue weighted by Gasteiger charge is 2.14. The second kappa shape index (κ2) is 11.2. The molecule has 1 saturated heterocycles. The summed E-state index contributed by atoms with van der Waals surface area (Å²) in [6, 6.07) is 0. The zero-order valence-electron chi connectivity index (χ0n) is 12.3. The zero-order chi connectivity index (χ0) is 13.8. The molecule has 1 heterocycles. The van der Waals surface area contributed by atoms with Gasteiger partial charge in [-0.3, -0.25) is 4.79 Å². The van der Waals surface area contributed by atoms with Crippen LogP contribution in [0.5, 0.6) is 0 Å². The van der Waals surface area contributed by atoms with E-state index < -0.39 is 0 Å². The summed E-state index contributed by atoms with van der Waals surface area (Å²) < 4.78 is 10.8. The van der Waals surface area contributed by atoms with Crippen molar-refractivity contribution in [2.75, 3.05) is 33.0 Å². The van der Waals surface area contributed by atoms with Crippen LogP contribution < -0.4 is 5.32 Å². The van der Waals surface area contributed by atoms with Gasteiger partial charge in [-0.2, -0.15) is 0 Å². The SMILES string of the molecule is CCCCOCCCNC(=O)CCC1CCOCC1. The Balaban J connectivity index is 1.87. The summed E-state index contributed by atoms with van der Waals surface area (Å²) in [5.74, 6) is 0.858. The minimum absolute atomic E-state index is 0.181. The maximum absolute atomic E-state index is 11.6. The monoisotopic (exact) mass is 271 g/mol. The third kappa shape index (κ3) is 9.00. The van der Waals surface area contributed by atoms with Gasteiger partial charge in [-0.15, -0.1) is 0 Å². The molecule has 1 aliphatic heterocycles. The van der Waals surface area contributed by atoms with Gasteiger partial charge in [-0.1, -0.05) is 13.3 Å². The van der Waals surface area contributed by atoms with E-state index in [1.54, 1.807) is 0 Å². The van der Waals surface area contributed by atoms with E-state index in [0.717, 1.165) is 65.1 Å². The van der Waals surface area contributed by atoms with Gasteiger partial charge in [0.1, 0.15) is 0 Å². The molecule has 1 amide bonds. The maximum Gasteiger partial charge on any atom is 0.220 e. The molecule has 1 fully saturated rings. The molecule has 0 saturated carbocycles. The molecule has 0 aromatic carbocycles. The minimum Gasteiger partial charge on any atom is -0.381 e. The molecule has 0 unspecified atom stereocenters. The molecule has 0 aromatic rings. The molecular formula is C15H29NO3. The average Bonchev–Trinajstić information content (AvgIpc) is 2.45. The summed E-state index contributed by atoms with van der Waals surface area (Å²) in [7, 11) is 0. The number of amides is 1. The van der Waals surface area contributed by atoms with Crippen LogP contribution in [0.25, 0.3) is 0 Å². The summed E-state index contributed by atoms with van der Waals surface area (Å²) in [5, 5.41) is 2.96. The first-order chi connectivity index (χ1) is 9.33. The van der Waals surface area contributed by atoms with Gasteiger partial charge >= 0.3 is 0 Å². The molecule has 1 N–H and O–H groups in total. The molecule has 0 radical (unpaired) electrons. The van der Waals surface area contributed by atoms with E-state index in [0.29, 0.717) is 12.3 Å². The Morgan fingerprint density at radius 1 is 1.26 bits per heavy atom. The first kappa shape index (κ1) is 16.4. The largest absolute Gasteiger partial charge is 0.381 e. The van der Waals surface area contributed by atoms with Gasteiger partial charge in [0.25, 0.3) is 0 Å². The molecule has 19 heavy (non-hydrogen) atoms. The normalized spacial score (nSPS) is 16.5. The standard InChI is InChI=1S/C15H29NO3/c1-2-3-10-18-11-4-9-16-15(17)6-5-14-7-12-19-13-8-14/h14H,2-13H2,1H3,(H,16,17). The van der Waals surface area contributed by atoms with Crippen molar-refractivity contribution in [3.05, 3.63) is 0 Å². The minimum atomic E-state index is 0.181. The molecule has 4 heteroatoms. The van der Waals surface area contributed by atoms with Crippen LogP contribution in [0.15, 0.2) is 0 Å². The van der Waals surface area contributed by atoms with Crippen molar-refractivity contribution >= 4 is 5.91 Å². The van der Waals surface area contributed by atoms with Crippen LogP contribution in [0.2, 0.25) is 0 Å². The fourth-order valence-corrected chi connectivity index (χ4v) is 2.21. The number of hydrogen-bond acceptors (Lipinski definition) is 3. The Kier molecular flexibility index (Phi) is 9.72. The van der Waals surface area contributed by atoms with Crippen LogP contribution in [-0.2, 0) is 14.3 Å². The molecule has 0 atom stereocenters. The van der Waals surface area contributed by atoms with Crippen molar-refractivity contribution < 1.29 is 14.3 Å². The lowest BCUT2D eigenvalue weighted by atomic mass is 9.95. The van der Waals surface area contributed by atoms with E-state index in [4.69, 9.17) is 9.47 Å². The van der Waals surface area contributed by atoms with Gasteiger partial charge in [0, 0.05) is 39.4 Å². The van der Waals surface area contributed by atoms with Crippen molar-refractivity contribution in [2.45, 2.75) is 51.9 Å². The summed E-state index contributed by atoms with van der Waals surface area (Å²) in [4.78, 5) is 11.6. The molecule has 0 aliphatic carbocycles. The Bertz CT molecular complexity index is 227. The number of nitrogens with one attached hydrogen (secondary N) is 1. The molecule has 112 valence electrons. The highest BCUT2D eigenvalue weighted by atomic mass is 16.5. The predicted molar refractivity (Wildman–Crippen MR) is 76.1 cm³/mol. The Morgan fingerprint density at radius 2 is 2.00 bits per heavy atom. The van der Waals surface area contributed by atoms with E-state index in [-0.39, 0.29) is 5.91 Å². The topological polar surface area (TPSA) is 47.6 Å². The van der Waals surface area contributed by atoms with Crippen LogP contribution in [0.3, 0.4) is 0 Å². The summed E-state index contributed by atoms with van der Waals surface area (Å²) in [6.07, 6.45) is 7.08. The third-order valence-corrected chi connectivity index (χ3v) is 3.55. The summed E-state index contributed by atoms with van der Waals surface area (Å²) in [5.41, 5.74) is 0. The second-order valence-electron chi connectivity index (χ2n) is 5.26. The highest BCUT2D eigenvalue weighted by Crippen LogP contribution is 2.19. The Labute approximate surface area is 117 Å². The van der Waals surface area contributed by atoms with Crippen molar-refractivity contribution in [3.8, 4) is 0 Å². The number of unbranched alkanes of at least 4 members (excludes halogenated alkanes) is 1. The van der Waals surface area contributed by atoms with Crippen molar-refractivity contribution in [1.82, 2.24) is 5.32 Å². The lowest BCUT2D eigenvalue weighted by Gasteiger charge is -2.21. The number of hydrogen-bond donors (Lipinski definition) is 1. The summed E-state index contributed by atoms with van der Waals surface area (Å²) >= 11 is 0. The van der Waals surface area contributed by atoms with Crippen LogP contribution >= 0.6 is 0 Å². The van der Waals surface area contributed by atoms with Crippen molar-refractivity contribution in [3.63, 3.8) is 0 Å². The molecule has 0 aromatic heterocycles. The van der Waals surface area contributed by atoms with Gasteiger partial charge in [-0.05, 0) is 38.0 Å². The summed E-state index contributed by atoms with van der Waals surface area (Å²) in [6.45, 7) is 6.21. The van der Waals surface area contributed by atoms with Crippen LogP contribution in [0.4, 0.5) is 0 Å². The van der Waals surface area contributed by atoms with E-state index in [9.17, 15) is 4.79 Å². The van der Waals surface area contributed by atoms with E-state index in [2.05, 4.69) is 12.2 Å². The van der Waals surface area contributed by atoms with Crippen molar-refractivity contribution in [2.24, 2.45) is 5.92 Å². The lowest BCUT2D eigenvalue weighted by Crippen LogP contribution is -2.26. The van der Waals surface area contributed by atoms with Gasteiger partial charge in [0.05, 0.1) is 0 Å². The first-order valence-electron chi connectivity index (χ1n) is 7.75. The first-order valence-corrected chi connectivity index (χ1v) is 7.75. The van der Waals surface area contributed by atoms with Crippen LogP contribution in [-0.4, -0.2) is 38.9 Å². The molecule has 4 nitrogen and oxygen atoms in total. The smallest absolute Gasteiger partial charge is 0.220 e. The van der Waals surface area contributed by atoms with Gasteiger partial charge in [-0.25, -0.2) is 0 Å². The molecule has 1 aliphatic rings.